The van der Waals surface area contributed by atoms with Crippen LogP contribution in [-0.2, 0) is 14.1 Å². The number of carbonyl (C=O) groups is 1. The molecule has 0 unspecified atom stereocenters. The molecule has 142 valence electrons. The Hall–Kier alpha value is -4.07. The van der Waals surface area contributed by atoms with Crippen LogP contribution in [0.3, 0.4) is 0 Å². The summed E-state index contributed by atoms with van der Waals surface area (Å²) in [5, 5.41) is 13.0. The maximum atomic E-state index is 12.7. The molecule has 29 heavy (non-hydrogen) atoms. The van der Waals surface area contributed by atoms with Gasteiger partial charge in [-0.05, 0) is 29.8 Å². The van der Waals surface area contributed by atoms with Crippen LogP contribution in [0.2, 0.25) is 0 Å². The van der Waals surface area contributed by atoms with E-state index in [4.69, 9.17) is 0 Å². The Balaban J connectivity index is 1.45. The van der Waals surface area contributed by atoms with Gasteiger partial charge in [0.15, 0.2) is 0 Å². The molecule has 3 heterocycles. The molecule has 5 rings (SSSR count). The number of fused-ring (bicyclic) bond motifs is 2. The second-order valence-electron chi connectivity index (χ2n) is 6.87. The van der Waals surface area contributed by atoms with Crippen LogP contribution in [0.4, 0.5) is 5.95 Å². The average Bonchev–Trinajstić information content (AvgIpc) is 3.33. The van der Waals surface area contributed by atoms with Crippen LogP contribution >= 0.6 is 0 Å². The Bertz CT molecular complexity index is 1380. The van der Waals surface area contributed by atoms with E-state index in [0.29, 0.717) is 5.56 Å². The number of hydrogen-bond donors (Lipinski definition) is 1. The highest BCUT2D eigenvalue weighted by Gasteiger charge is 2.11. The number of hydrogen-bond acceptors (Lipinski definition) is 5. The first-order chi connectivity index (χ1) is 14.1. The number of nitrogens with one attached hydrogen (secondary N) is 1. The van der Waals surface area contributed by atoms with Crippen molar-refractivity contribution in [2.75, 3.05) is 5.32 Å². The van der Waals surface area contributed by atoms with Gasteiger partial charge in [0.25, 0.3) is 5.91 Å². The summed E-state index contributed by atoms with van der Waals surface area (Å²) in [5.74, 6) is -0.00404. The largest absolute Gasteiger partial charge is 0.290 e. The molecule has 0 aliphatic heterocycles. The van der Waals surface area contributed by atoms with Gasteiger partial charge in [0.05, 0.1) is 23.4 Å². The monoisotopic (exact) mass is 383 g/mol. The predicted octanol–water partition coefficient (Wildman–Crippen LogP) is 3.17. The van der Waals surface area contributed by atoms with Gasteiger partial charge in [0, 0.05) is 48.4 Å². The number of nitrogens with zero attached hydrogens (tertiary/aromatic N) is 6. The maximum Gasteiger partial charge on any atom is 0.258 e. The summed E-state index contributed by atoms with van der Waals surface area (Å²) in [6, 6.07) is 11.4. The lowest BCUT2D eigenvalue weighted by Gasteiger charge is -2.06. The molecule has 0 atom stereocenters. The molecule has 0 saturated heterocycles. The first-order valence-electron chi connectivity index (χ1n) is 9.06. The molecule has 8 nitrogen and oxygen atoms in total. The Kier molecular flexibility index (Phi) is 3.83. The van der Waals surface area contributed by atoms with E-state index in [1.54, 1.807) is 40.1 Å². The van der Waals surface area contributed by atoms with Crippen molar-refractivity contribution in [2.24, 2.45) is 14.1 Å². The molecule has 1 N–H and O–H groups in total. The van der Waals surface area contributed by atoms with Gasteiger partial charge >= 0.3 is 0 Å². The Labute approximate surface area is 165 Å². The van der Waals surface area contributed by atoms with Gasteiger partial charge < -0.3 is 0 Å². The number of anilines is 1. The summed E-state index contributed by atoms with van der Waals surface area (Å²) >= 11 is 0. The highest BCUT2D eigenvalue weighted by atomic mass is 16.1. The Morgan fingerprint density at radius 2 is 1.83 bits per heavy atom. The van der Waals surface area contributed by atoms with Crippen molar-refractivity contribution < 1.29 is 4.79 Å². The third kappa shape index (κ3) is 3.10. The Morgan fingerprint density at radius 1 is 0.931 bits per heavy atom. The normalized spacial score (nSPS) is 11.2. The van der Waals surface area contributed by atoms with Crippen molar-refractivity contribution >= 4 is 33.7 Å². The zero-order chi connectivity index (χ0) is 20.0. The van der Waals surface area contributed by atoms with Gasteiger partial charge in [-0.2, -0.15) is 10.2 Å². The van der Waals surface area contributed by atoms with E-state index in [2.05, 4.69) is 25.5 Å². The minimum atomic E-state index is -0.265. The first kappa shape index (κ1) is 17.1. The molecule has 0 aliphatic carbocycles. The highest BCUT2D eigenvalue weighted by molar-refractivity contribution is 6.05. The summed E-state index contributed by atoms with van der Waals surface area (Å²) in [4.78, 5) is 21.4. The van der Waals surface area contributed by atoms with E-state index >= 15 is 0 Å². The highest BCUT2D eigenvalue weighted by Crippen LogP contribution is 2.23. The zero-order valence-corrected chi connectivity index (χ0v) is 15.9. The van der Waals surface area contributed by atoms with Gasteiger partial charge in [-0.1, -0.05) is 12.1 Å². The maximum absolute atomic E-state index is 12.7. The van der Waals surface area contributed by atoms with Crippen molar-refractivity contribution in [3.63, 3.8) is 0 Å². The standard InChI is InChI=1S/C21H17N7O/c1-27-12-17(11-23-27)13-3-4-15-9-22-21(25-18(15)8-13)26-20(29)14-5-6-19-16(7-14)10-24-28(19)2/h3-12H,1-2H3,(H,22,25,26,29). The summed E-state index contributed by atoms with van der Waals surface area (Å²) in [6.45, 7) is 0. The van der Waals surface area contributed by atoms with Crippen LogP contribution in [-0.4, -0.2) is 35.4 Å². The van der Waals surface area contributed by atoms with Crippen molar-refractivity contribution in [3.05, 3.63) is 66.7 Å². The fourth-order valence-electron chi connectivity index (χ4n) is 3.31. The first-order valence-corrected chi connectivity index (χ1v) is 9.06. The second kappa shape index (κ2) is 6.52. The minimum absolute atomic E-state index is 0.261. The lowest BCUT2D eigenvalue weighted by molar-refractivity contribution is 0.102. The minimum Gasteiger partial charge on any atom is -0.290 e. The molecular formula is C21H17N7O. The second-order valence-corrected chi connectivity index (χ2v) is 6.87. The van der Waals surface area contributed by atoms with Crippen LogP contribution in [0.25, 0.3) is 32.9 Å². The molecule has 1 amide bonds. The van der Waals surface area contributed by atoms with Crippen molar-refractivity contribution in [1.82, 2.24) is 29.5 Å². The van der Waals surface area contributed by atoms with Gasteiger partial charge in [0.2, 0.25) is 5.95 Å². The summed E-state index contributed by atoms with van der Waals surface area (Å²) in [5.41, 5.74) is 4.25. The third-order valence-corrected chi connectivity index (χ3v) is 4.85. The fourth-order valence-corrected chi connectivity index (χ4v) is 3.31. The average molecular weight is 383 g/mol. The molecular weight excluding hydrogens is 366 g/mol. The number of aryl methyl sites for hydroxylation is 2. The molecule has 0 aliphatic rings. The SMILES string of the molecule is Cn1cc(-c2ccc3cnc(NC(=O)c4ccc5c(cnn5C)c4)nc3c2)cn1. The molecule has 0 radical (unpaired) electrons. The van der Waals surface area contributed by atoms with E-state index in [0.717, 1.165) is 32.9 Å². The quantitative estimate of drug-likeness (QED) is 0.517. The molecule has 0 fully saturated rings. The lowest BCUT2D eigenvalue weighted by Crippen LogP contribution is -2.14. The molecule has 8 heteroatoms. The smallest absolute Gasteiger partial charge is 0.258 e. The summed E-state index contributed by atoms with van der Waals surface area (Å²) < 4.78 is 3.52. The number of benzene rings is 2. The molecule has 5 aromatic rings. The zero-order valence-electron chi connectivity index (χ0n) is 15.9. The predicted molar refractivity (Wildman–Crippen MR) is 110 cm³/mol. The van der Waals surface area contributed by atoms with Gasteiger partial charge in [-0.25, -0.2) is 9.97 Å². The summed E-state index contributed by atoms with van der Waals surface area (Å²) in [7, 11) is 3.74. The van der Waals surface area contributed by atoms with Crippen molar-refractivity contribution in [1.29, 1.82) is 0 Å². The fraction of sp³-hybridized carbons (Fsp3) is 0.0952. The van der Waals surface area contributed by atoms with E-state index in [-0.39, 0.29) is 11.9 Å². The van der Waals surface area contributed by atoms with E-state index in [1.165, 1.54) is 0 Å². The topological polar surface area (TPSA) is 90.5 Å². The van der Waals surface area contributed by atoms with Gasteiger partial charge in [0.1, 0.15) is 0 Å². The van der Waals surface area contributed by atoms with Gasteiger partial charge in [-0.15, -0.1) is 0 Å². The van der Waals surface area contributed by atoms with Crippen molar-refractivity contribution in [3.8, 4) is 11.1 Å². The Morgan fingerprint density at radius 3 is 2.66 bits per heavy atom. The number of aromatic nitrogens is 6. The molecule has 3 aromatic heterocycles. The number of carbonyl (C=O) groups excluding carboxylic acids is 1. The molecule has 2 aromatic carbocycles. The van der Waals surface area contributed by atoms with Crippen LogP contribution in [0.1, 0.15) is 10.4 Å². The number of amides is 1. The molecule has 0 saturated carbocycles. The number of rotatable bonds is 3. The van der Waals surface area contributed by atoms with Crippen molar-refractivity contribution in [2.45, 2.75) is 0 Å². The van der Waals surface area contributed by atoms with E-state index < -0.39 is 0 Å². The lowest BCUT2D eigenvalue weighted by atomic mass is 10.1. The molecule has 0 bridgehead atoms. The van der Waals surface area contributed by atoms with Crippen LogP contribution < -0.4 is 5.32 Å². The van der Waals surface area contributed by atoms with Crippen LogP contribution in [0.15, 0.2) is 61.2 Å². The third-order valence-electron chi connectivity index (χ3n) is 4.85. The van der Waals surface area contributed by atoms with Gasteiger partial charge in [-0.3, -0.25) is 19.5 Å². The summed E-state index contributed by atoms with van der Waals surface area (Å²) in [6.07, 6.45) is 7.19. The van der Waals surface area contributed by atoms with Crippen LogP contribution in [0.5, 0.6) is 0 Å². The van der Waals surface area contributed by atoms with Crippen LogP contribution in [0, 0.1) is 0 Å². The van der Waals surface area contributed by atoms with E-state index in [1.807, 2.05) is 44.6 Å². The van der Waals surface area contributed by atoms with E-state index in [9.17, 15) is 4.79 Å². The molecule has 0 spiro atoms.